The van der Waals surface area contributed by atoms with Gasteiger partial charge in [0.15, 0.2) is 0 Å². The van der Waals surface area contributed by atoms with Crippen LogP contribution in [0.15, 0.2) is 54.7 Å². The fraction of sp³-hybridized carbons (Fsp3) is 0.333. The maximum atomic E-state index is 13.1. The highest BCUT2D eigenvalue weighted by Crippen LogP contribution is 2.31. The fourth-order valence-electron chi connectivity index (χ4n) is 4.00. The minimum atomic E-state index is -0.0658. The van der Waals surface area contributed by atoms with Gasteiger partial charge in [-0.05, 0) is 62.5 Å². The average Bonchev–Trinajstić information content (AvgIpc) is 3.22. The molecule has 1 aromatic heterocycles. The third kappa shape index (κ3) is 4.58. The Morgan fingerprint density at radius 2 is 1.97 bits per heavy atom. The lowest BCUT2D eigenvalue weighted by Crippen LogP contribution is -2.31. The maximum Gasteiger partial charge on any atom is 0.254 e. The van der Waals surface area contributed by atoms with Gasteiger partial charge in [0.05, 0.1) is 23.1 Å². The Hall–Kier alpha value is -2.63. The summed E-state index contributed by atoms with van der Waals surface area (Å²) in [6, 6.07) is 16.1. The normalized spacial score (nSPS) is 14.6. The third-order valence-corrected chi connectivity index (χ3v) is 6.13. The molecular formula is C24H27ClN4O. The molecule has 2 aromatic carbocycles. The van der Waals surface area contributed by atoms with Gasteiger partial charge in [-0.25, -0.2) is 4.68 Å². The predicted molar refractivity (Wildman–Crippen MR) is 121 cm³/mol. The summed E-state index contributed by atoms with van der Waals surface area (Å²) < 4.78 is 1.90. The van der Waals surface area contributed by atoms with Gasteiger partial charge in [-0.15, -0.1) is 0 Å². The Kier molecular flexibility index (Phi) is 6.50. The Bertz CT molecular complexity index is 1010. The van der Waals surface area contributed by atoms with E-state index in [0.29, 0.717) is 17.1 Å². The number of rotatable bonds is 6. The van der Waals surface area contributed by atoms with Crippen molar-refractivity contribution in [3.63, 3.8) is 0 Å². The van der Waals surface area contributed by atoms with Crippen molar-refractivity contribution in [3.05, 3.63) is 82.1 Å². The Morgan fingerprint density at radius 3 is 2.70 bits per heavy atom. The van der Waals surface area contributed by atoms with Crippen molar-refractivity contribution in [1.29, 1.82) is 0 Å². The smallest absolute Gasteiger partial charge is 0.254 e. The summed E-state index contributed by atoms with van der Waals surface area (Å²) in [6.45, 7) is 4.46. The molecule has 1 aliphatic heterocycles. The molecule has 0 saturated carbocycles. The van der Waals surface area contributed by atoms with Crippen molar-refractivity contribution in [2.75, 3.05) is 19.6 Å². The largest absolute Gasteiger partial charge is 0.352 e. The summed E-state index contributed by atoms with van der Waals surface area (Å²) in [5, 5.41) is 11.8. The Labute approximate surface area is 182 Å². The van der Waals surface area contributed by atoms with Crippen LogP contribution in [0.1, 0.15) is 45.9 Å². The molecule has 156 valence electrons. The van der Waals surface area contributed by atoms with E-state index in [0.717, 1.165) is 49.3 Å². The van der Waals surface area contributed by atoms with Gasteiger partial charge >= 0.3 is 0 Å². The first-order valence-corrected chi connectivity index (χ1v) is 10.9. The van der Waals surface area contributed by atoms with Gasteiger partial charge in [0.25, 0.3) is 5.91 Å². The molecule has 30 heavy (non-hydrogen) atoms. The lowest BCUT2D eigenvalue weighted by molar-refractivity contribution is 0.0952. The first-order valence-electron chi connectivity index (χ1n) is 10.5. The third-order valence-electron chi connectivity index (χ3n) is 5.72. The molecule has 4 rings (SSSR count). The number of aryl methyl sites for hydroxylation is 1. The molecule has 0 bridgehead atoms. The average molecular weight is 423 g/mol. The van der Waals surface area contributed by atoms with Crippen LogP contribution in [-0.2, 0) is 6.42 Å². The van der Waals surface area contributed by atoms with Gasteiger partial charge in [-0.3, -0.25) is 4.79 Å². The van der Waals surface area contributed by atoms with Crippen LogP contribution < -0.4 is 10.6 Å². The van der Waals surface area contributed by atoms with Crippen LogP contribution >= 0.6 is 11.6 Å². The fourth-order valence-corrected chi connectivity index (χ4v) is 4.18. The van der Waals surface area contributed by atoms with Crippen LogP contribution in [0.5, 0.6) is 0 Å². The van der Waals surface area contributed by atoms with Crippen molar-refractivity contribution in [2.24, 2.45) is 0 Å². The number of carbonyl (C=O) groups excluding carboxylic acids is 1. The van der Waals surface area contributed by atoms with E-state index in [2.05, 4.69) is 27.9 Å². The molecule has 1 fully saturated rings. The van der Waals surface area contributed by atoms with Crippen molar-refractivity contribution >= 4 is 17.5 Å². The highest BCUT2D eigenvalue weighted by molar-refractivity contribution is 6.31. The number of halogens is 1. The van der Waals surface area contributed by atoms with E-state index in [9.17, 15) is 4.79 Å². The van der Waals surface area contributed by atoms with E-state index in [-0.39, 0.29) is 11.8 Å². The summed E-state index contributed by atoms with van der Waals surface area (Å²) in [7, 11) is 0. The minimum Gasteiger partial charge on any atom is -0.352 e. The monoisotopic (exact) mass is 422 g/mol. The molecule has 6 heteroatoms. The molecule has 0 radical (unpaired) electrons. The number of benzene rings is 2. The molecule has 1 saturated heterocycles. The van der Waals surface area contributed by atoms with Crippen LogP contribution in [0.4, 0.5) is 0 Å². The van der Waals surface area contributed by atoms with Crippen LogP contribution in [-0.4, -0.2) is 35.3 Å². The van der Waals surface area contributed by atoms with Crippen molar-refractivity contribution in [2.45, 2.75) is 32.1 Å². The van der Waals surface area contributed by atoms with Crippen molar-refractivity contribution in [1.82, 2.24) is 20.4 Å². The quantitative estimate of drug-likeness (QED) is 0.623. The molecule has 3 aromatic rings. The first kappa shape index (κ1) is 20.6. The number of amides is 1. The summed E-state index contributed by atoms with van der Waals surface area (Å²) in [5.74, 6) is 0.215. The minimum absolute atomic E-state index is 0.0658. The van der Waals surface area contributed by atoms with E-state index >= 15 is 0 Å². The number of nitrogens with one attached hydrogen (secondary N) is 2. The molecule has 1 aliphatic rings. The van der Waals surface area contributed by atoms with Gasteiger partial charge in [-0.1, -0.05) is 48.0 Å². The standard InChI is InChI=1S/C24H27ClN4O/c1-17-7-8-20(15-22(17)25)29-23(19-10-12-26-13-11-19)21(16-28-29)24(30)27-14-9-18-5-3-2-4-6-18/h2-8,15-16,19,26H,9-14H2,1H3,(H,27,30). The van der Waals surface area contributed by atoms with E-state index in [1.165, 1.54) is 5.56 Å². The van der Waals surface area contributed by atoms with E-state index in [1.54, 1.807) is 6.20 Å². The van der Waals surface area contributed by atoms with Crippen LogP contribution in [0.3, 0.4) is 0 Å². The number of carbonyl (C=O) groups is 1. The Morgan fingerprint density at radius 1 is 1.20 bits per heavy atom. The number of hydrogen-bond donors (Lipinski definition) is 2. The molecule has 5 nitrogen and oxygen atoms in total. The van der Waals surface area contributed by atoms with Gasteiger partial charge in [0.1, 0.15) is 0 Å². The summed E-state index contributed by atoms with van der Waals surface area (Å²) in [4.78, 5) is 13.1. The second kappa shape index (κ2) is 9.45. The van der Waals surface area contributed by atoms with Gasteiger partial charge < -0.3 is 10.6 Å². The van der Waals surface area contributed by atoms with Gasteiger partial charge in [0.2, 0.25) is 0 Å². The van der Waals surface area contributed by atoms with Crippen LogP contribution in [0.2, 0.25) is 5.02 Å². The number of hydrogen-bond acceptors (Lipinski definition) is 3. The van der Waals surface area contributed by atoms with E-state index < -0.39 is 0 Å². The first-order chi connectivity index (χ1) is 14.6. The molecule has 0 atom stereocenters. The second-order valence-electron chi connectivity index (χ2n) is 7.80. The summed E-state index contributed by atoms with van der Waals surface area (Å²) >= 11 is 6.37. The van der Waals surface area contributed by atoms with E-state index in [4.69, 9.17) is 11.6 Å². The van der Waals surface area contributed by atoms with Crippen LogP contribution in [0.25, 0.3) is 5.69 Å². The number of aromatic nitrogens is 2. The molecule has 0 unspecified atom stereocenters. The molecule has 2 N–H and O–H groups in total. The zero-order chi connectivity index (χ0) is 20.9. The summed E-state index contributed by atoms with van der Waals surface area (Å²) in [6.07, 6.45) is 4.46. The van der Waals surface area contributed by atoms with Crippen LogP contribution in [0, 0.1) is 6.92 Å². The number of nitrogens with zero attached hydrogens (tertiary/aromatic N) is 2. The number of piperidine rings is 1. The SMILES string of the molecule is Cc1ccc(-n2ncc(C(=O)NCCc3ccccc3)c2C2CCNCC2)cc1Cl. The van der Waals surface area contributed by atoms with Crippen molar-refractivity contribution < 1.29 is 4.79 Å². The molecule has 0 aliphatic carbocycles. The highest BCUT2D eigenvalue weighted by Gasteiger charge is 2.27. The van der Waals surface area contributed by atoms with Gasteiger partial charge in [-0.2, -0.15) is 5.10 Å². The summed E-state index contributed by atoms with van der Waals surface area (Å²) in [5.41, 5.74) is 4.76. The van der Waals surface area contributed by atoms with Gasteiger partial charge in [0, 0.05) is 17.5 Å². The predicted octanol–water partition coefficient (Wildman–Crippen LogP) is 4.27. The molecular weight excluding hydrogens is 396 g/mol. The maximum absolute atomic E-state index is 13.1. The Balaban J connectivity index is 1.59. The molecule has 2 heterocycles. The zero-order valence-corrected chi connectivity index (χ0v) is 18.0. The topological polar surface area (TPSA) is 59.0 Å². The molecule has 1 amide bonds. The van der Waals surface area contributed by atoms with Crippen molar-refractivity contribution in [3.8, 4) is 5.69 Å². The lowest BCUT2D eigenvalue weighted by atomic mass is 9.91. The second-order valence-corrected chi connectivity index (χ2v) is 8.21. The van der Waals surface area contributed by atoms with E-state index in [1.807, 2.05) is 48.0 Å². The lowest BCUT2D eigenvalue weighted by Gasteiger charge is -2.25. The zero-order valence-electron chi connectivity index (χ0n) is 17.2. The molecule has 0 spiro atoms. The highest BCUT2D eigenvalue weighted by atomic mass is 35.5.